The molecule has 4 heteroatoms. The Morgan fingerprint density at radius 1 is 1.64 bits per heavy atom. The molecule has 14 heavy (non-hydrogen) atoms. The third-order valence-electron chi connectivity index (χ3n) is 2.10. The van der Waals surface area contributed by atoms with Crippen LogP contribution in [0.5, 0.6) is 0 Å². The molecule has 0 spiro atoms. The van der Waals surface area contributed by atoms with Crippen molar-refractivity contribution < 1.29 is 9.53 Å². The second-order valence-electron chi connectivity index (χ2n) is 3.87. The summed E-state index contributed by atoms with van der Waals surface area (Å²) in [5.41, 5.74) is 0. The van der Waals surface area contributed by atoms with Gasteiger partial charge < -0.3 is 10.1 Å². The SMILES string of the molecule is CC(C)OCC(=O)NC(C#N)C1CC1. The number of amides is 1. The van der Waals surface area contributed by atoms with Gasteiger partial charge in [0.1, 0.15) is 12.6 Å². The highest BCUT2D eigenvalue weighted by Crippen LogP contribution is 2.32. The van der Waals surface area contributed by atoms with Crippen molar-refractivity contribution in [2.45, 2.75) is 38.8 Å². The van der Waals surface area contributed by atoms with Crippen LogP contribution in [0, 0.1) is 17.2 Å². The van der Waals surface area contributed by atoms with Gasteiger partial charge in [-0.2, -0.15) is 5.26 Å². The van der Waals surface area contributed by atoms with Gasteiger partial charge in [-0.3, -0.25) is 4.79 Å². The van der Waals surface area contributed by atoms with E-state index in [1.54, 1.807) is 0 Å². The maximum absolute atomic E-state index is 11.3. The quantitative estimate of drug-likeness (QED) is 0.708. The molecule has 1 saturated carbocycles. The Hall–Kier alpha value is -1.08. The number of hydrogen-bond donors (Lipinski definition) is 1. The molecule has 1 atom stereocenters. The van der Waals surface area contributed by atoms with E-state index < -0.39 is 0 Å². The fraction of sp³-hybridized carbons (Fsp3) is 0.800. The van der Waals surface area contributed by atoms with Crippen molar-refractivity contribution in [3.8, 4) is 6.07 Å². The van der Waals surface area contributed by atoms with Crippen LogP contribution in [0.2, 0.25) is 0 Å². The lowest BCUT2D eigenvalue weighted by Crippen LogP contribution is -2.38. The normalized spacial score (nSPS) is 17.6. The fourth-order valence-corrected chi connectivity index (χ4v) is 1.14. The molecule has 1 aliphatic rings. The van der Waals surface area contributed by atoms with Gasteiger partial charge in [-0.1, -0.05) is 0 Å². The molecule has 1 unspecified atom stereocenters. The number of carbonyl (C=O) groups is 1. The Labute approximate surface area is 84.2 Å². The monoisotopic (exact) mass is 196 g/mol. The van der Waals surface area contributed by atoms with E-state index in [1.807, 2.05) is 13.8 Å². The Morgan fingerprint density at radius 3 is 2.71 bits per heavy atom. The summed E-state index contributed by atoms with van der Waals surface area (Å²) in [6.45, 7) is 3.79. The Kier molecular flexibility index (Phi) is 3.90. The molecule has 1 rings (SSSR count). The van der Waals surface area contributed by atoms with Crippen LogP contribution in [-0.2, 0) is 9.53 Å². The first-order chi connectivity index (χ1) is 6.63. The predicted molar refractivity (Wildman–Crippen MR) is 51.4 cm³/mol. The molecule has 0 saturated heterocycles. The van der Waals surface area contributed by atoms with Gasteiger partial charge in [-0.05, 0) is 32.6 Å². The van der Waals surface area contributed by atoms with Crippen molar-refractivity contribution in [2.24, 2.45) is 5.92 Å². The zero-order valence-electron chi connectivity index (χ0n) is 8.62. The highest BCUT2D eigenvalue weighted by atomic mass is 16.5. The van der Waals surface area contributed by atoms with Crippen molar-refractivity contribution in [2.75, 3.05) is 6.61 Å². The number of nitrogens with one attached hydrogen (secondary N) is 1. The van der Waals surface area contributed by atoms with Gasteiger partial charge in [-0.25, -0.2) is 0 Å². The summed E-state index contributed by atoms with van der Waals surface area (Å²) in [5, 5.41) is 11.4. The molecule has 0 heterocycles. The van der Waals surface area contributed by atoms with Gasteiger partial charge in [0.15, 0.2) is 0 Å². The third kappa shape index (κ3) is 3.75. The van der Waals surface area contributed by atoms with E-state index in [-0.39, 0.29) is 24.7 Å². The molecule has 0 aromatic carbocycles. The molecule has 4 nitrogen and oxygen atoms in total. The maximum Gasteiger partial charge on any atom is 0.247 e. The molecule has 0 aliphatic heterocycles. The lowest BCUT2D eigenvalue weighted by Gasteiger charge is -2.11. The number of nitriles is 1. The van der Waals surface area contributed by atoms with Gasteiger partial charge >= 0.3 is 0 Å². The van der Waals surface area contributed by atoms with E-state index in [0.717, 1.165) is 12.8 Å². The van der Waals surface area contributed by atoms with Crippen LogP contribution in [-0.4, -0.2) is 24.7 Å². The third-order valence-corrected chi connectivity index (χ3v) is 2.10. The van der Waals surface area contributed by atoms with Crippen LogP contribution in [0.1, 0.15) is 26.7 Å². The van der Waals surface area contributed by atoms with Gasteiger partial charge in [0, 0.05) is 0 Å². The number of nitrogens with zero attached hydrogens (tertiary/aromatic N) is 1. The highest BCUT2D eigenvalue weighted by Gasteiger charge is 2.32. The van der Waals surface area contributed by atoms with Crippen LogP contribution >= 0.6 is 0 Å². The summed E-state index contributed by atoms with van der Waals surface area (Å²) < 4.78 is 5.13. The molecule has 0 radical (unpaired) electrons. The van der Waals surface area contributed by atoms with Crippen molar-refractivity contribution in [1.29, 1.82) is 5.26 Å². The number of rotatable bonds is 5. The molecule has 78 valence electrons. The van der Waals surface area contributed by atoms with Gasteiger partial charge in [0.05, 0.1) is 12.2 Å². The molecule has 0 aromatic rings. The van der Waals surface area contributed by atoms with E-state index >= 15 is 0 Å². The summed E-state index contributed by atoms with van der Waals surface area (Å²) in [5.74, 6) is 0.167. The van der Waals surface area contributed by atoms with Crippen molar-refractivity contribution >= 4 is 5.91 Å². The predicted octanol–water partition coefficient (Wildman–Crippen LogP) is 0.830. The summed E-state index contributed by atoms with van der Waals surface area (Å²) in [6.07, 6.45) is 2.13. The fourth-order valence-electron chi connectivity index (χ4n) is 1.14. The molecular formula is C10H16N2O2. The van der Waals surface area contributed by atoms with E-state index in [0.29, 0.717) is 5.92 Å². The zero-order valence-corrected chi connectivity index (χ0v) is 8.62. The van der Waals surface area contributed by atoms with Crippen LogP contribution in [0.15, 0.2) is 0 Å². The highest BCUT2D eigenvalue weighted by molar-refractivity contribution is 5.77. The van der Waals surface area contributed by atoms with Gasteiger partial charge in [-0.15, -0.1) is 0 Å². The number of hydrogen-bond acceptors (Lipinski definition) is 3. The lowest BCUT2D eigenvalue weighted by atomic mass is 10.2. The van der Waals surface area contributed by atoms with E-state index in [9.17, 15) is 4.79 Å². The summed E-state index contributed by atoms with van der Waals surface area (Å²) >= 11 is 0. The van der Waals surface area contributed by atoms with Gasteiger partial charge in [0.2, 0.25) is 5.91 Å². The van der Waals surface area contributed by atoms with Crippen LogP contribution < -0.4 is 5.32 Å². The first-order valence-corrected chi connectivity index (χ1v) is 4.94. The van der Waals surface area contributed by atoms with Crippen LogP contribution in [0.3, 0.4) is 0 Å². The largest absolute Gasteiger partial charge is 0.369 e. The smallest absolute Gasteiger partial charge is 0.247 e. The summed E-state index contributed by atoms with van der Waals surface area (Å²) in [4.78, 5) is 11.3. The average Bonchev–Trinajstić information content (AvgIpc) is 2.94. The maximum atomic E-state index is 11.3. The summed E-state index contributed by atoms with van der Waals surface area (Å²) in [7, 11) is 0. The van der Waals surface area contributed by atoms with Crippen LogP contribution in [0.25, 0.3) is 0 Å². The van der Waals surface area contributed by atoms with Crippen molar-refractivity contribution in [1.82, 2.24) is 5.32 Å². The lowest BCUT2D eigenvalue weighted by molar-refractivity contribution is -0.127. The van der Waals surface area contributed by atoms with E-state index in [1.165, 1.54) is 0 Å². The van der Waals surface area contributed by atoms with E-state index in [2.05, 4.69) is 11.4 Å². The molecule has 0 aromatic heterocycles. The van der Waals surface area contributed by atoms with Crippen molar-refractivity contribution in [3.05, 3.63) is 0 Å². The van der Waals surface area contributed by atoms with Crippen molar-refractivity contribution in [3.63, 3.8) is 0 Å². The average molecular weight is 196 g/mol. The molecular weight excluding hydrogens is 180 g/mol. The first kappa shape index (κ1) is 11.0. The molecule has 1 aliphatic carbocycles. The van der Waals surface area contributed by atoms with E-state index in [4.69, 9.17) is 10.00 Å². The van der Waals surface area contributed by atoms with Crippen LogP contribution in [0.4, 0.5) is 0 Å². The second-order valence-corrected chi connectivity index (χ2v) is 3.87. The molecule has 1 amide bonds. The van der Waals surface area contributed by atoms with Gasteiger partial charge in [0.25, 0.3) is 0 Å². The molecule has 1 fully saturated rings. The zero-order chi connectivity index (χ0) is 10.6. The second kappa shape index (κ2) is 4.97. The Balaban J connectivity index is 2.21. The number of carbonyl (C=O) groups excluding carboxylic acids is 1. The summed E-state index contributed by atoms with van der Waals surface area (Å²) in [6, 6.07) is 1.77. The molecule has 0 bridgehead atoms. The Morgan fingerprint density at radius 2 is 2.29 bits per heavy atom. The minimum atomic E-state index is -0.321. The number of ether oxygens (including phenoxy) is 1. The Bertz CT molecular complexity index is 241. The standard InChI is InChI=1S/C10H16N2O2/c1-7(2)14-6-10(13)12-9(5-11)8-3-4-8/h7-9H,3-4,6H2,1-2H3,(H,12,13). The first-order valence-electron chi connectivity index (χ1n) is 4.94. The topological polar surface area (TPSA) is 62.1 Å². The minimum Gasteiger partial charge on any atom is -0.369 e. The molecule has 1 N–H and O–H groups in total. The minimum absolute atomic E-state index is 0.0437.